The first kappa shape index (κ1) is 15.8. The number of sulfonamides is 1. The van der Waals surface area contributed by atoms with Crippen LogP contribution in [0.2, 0.25) is 0 Å². The lowest BCUT2D eigenvalue weighted by Gasteiger charge is -2.32. The third-order valence-electron chi connectivity index (χ3n) is 3.85. The third-order valence-corrected chi connectivity index (χ3v) is 6.51. The van der Waals surface area contributed by atoms with Gasteiger partial charge in [0.15, 0.2) is 0 Å². The minimum Gasteiger partial charge on any atom is -0.497 e. The Morgan fingerprint density at radius 3 is 2.25 bits per heavy atom. The molecule has 0 aromatic heterocycles. The molecular formula is C14H20BrNO3S. The smallest absolute Gasteiger partial charge is 0.243 e. The topological polar surface area (TPSA) is 46.6 Å². The number of hydrogen-bond donors (Lipinski definition) is 0. The molecule has 0 saturated carbocycles. The Hall–Kier alpha value is -0.590. The summed E-state index contributed by atoms with van der Waals surface area (Å²) in [5.41, 5.74) is 0. The minimum atomic E-state index is -3.37. The maximum absolute atomic E-state index is 12.5. The molecule has 1 fully saturated rings. The maximum atomic E-state index is 12.5. The Morgan fingerprint density at radius 2 is 1.80 bits per heavy atom. The average molecular weight is 362 g/mol. The van der Waals surface area contributed by atoms with Gasteiger partial charge in [0.05, 0.1) is 12.0 Å². The Balaban J connectivity index is 2.11. The Kier molecular flexibility index (Phi) is 5.09. The van der Waals surface area contributed by atoms with Gasteiger partial charge in [-0.3, -0.25) is 0 Å². The zero-order valence-corrected chi connectivity index (χ0v) is 14.2. The molecule has 1 atom stereocenters. The van der Waals surface area contributed by atoms with Crippen LogP contribution in [0.4, 0.5) is 0 Å². The molecule has 0 aliphatic carbocycles. The van der Waals surface area contributed by atoms with Crippen LogP contribution in [-0.2, 0) is 10.0 Å². The van der Waals surface area contributed by atoms with Crippen molar-refractivity contribution in [1.29, 1.82) is 0 Å². The molecule has 0 radical (unpaired) electrons. The van der Waals surface area contributed by atoms with E-state index >= 15 is 0 Å². The fraction of sp³-hybridized carbons (Fsp3) is 0.571. The number of halogens is 1. The predicted molar refractivity (Wildman–Crippen MR) is 82.9 cm³/mol. The second kappa shape index (κ2) is 6.45. The van der Waals surface area contributed by atoms with E-state index in [1.54, 1.807) is 35.7 Å². The van der Waals surface area contributed by atoms with Crippen molar-refractivity contribution in [2.24, 2.45) is 5.92 Å². The molecule has 2 rings (SSSR count). The van der Waals surface area contributed by atoms with Crippen LogP contribution in [0.5, 0.6) is 5.75 Å². The Morgan fingerprint density at radius 1 is 1.25 bits per heavy atom. The summed E-state index contributed by atoms with van der Waals surface area (Å²) in [7, 11) is -1.81. The summed E-state index contributed by atoms with van der Waals surface area (Å²) in [5, 5.41) is 0. The van der Waals surface area contributed by atoms with Crippen LogP contribution in [0.25, 0.3) is 0 Å². The highest BCUT2D eigenvalue weighted by molar-refractivity contribution is 9.09. The lowest BCUT2D eigenvalue weighted by Crippen LogP contribution is -2.39. The zero-order chi connectivity index (χ0) is 14.8. The van der Waals surface area contributed by atoms with Crippen molar-refractivity contribution >= 4 is 26.0 Å². The van der Waals surface area contributed by atoms with E-state index in [-0.39, 0.29) is 0 Å². The van der Waals surface area contributed by atoms with Crippen LogP contribution in [0.3, 0.4) is 0 Å². The van der Waals surface area contributed by atoms with Gasteiger partial charge in [-0.2, -0.15) is 4.31 Å². The van der Waals surface area contributed by atoms with Crippen molar-refractivity contribution in [2.75, 3.05) is 20.2 Å². The molecule has 0 amide bonds. The molecule has 1 saturated heterocycles. The molecule has 1 aliphatic heterocycles. The Bertz CT molecular complexity index is 534. The fourth-order valence-corrected chi connectivity index (χ4v) is 4.47. The molecule has 1 aromatic rings. The average Bonchev–Trinajstić information content (AvgIpc) is 2.47. The van der Waals surface area contributed by atoms with Gasteiger partial charge in [-0.25, -0.2) is 8.42 Å². The number of benzene rings is 1. The van der Waals surface area contributed by atoms with E-state index in [9.17, 15) is 8.42 Å². The zero-order valence-electron chi connectivity index (χ0n) is 11.8. The lowest BCUT2D eigenvalue weighted by atomic mass is 9.96. The summed E-state index contributed by atoms with van der Waals surface area (Å²) < 4.78 is 31.7. The molecular weight excluding hydrogens is 342 g/mol. The molecule has 1 aromatic carbocycles. The van der Waals surface area contributed by atoms with Crippen molar-refractivity contribution in [3.05, 3.63) is 24.3 Å². The van der Waals surface area contributed by atoms with Gasteiger partial charge < -0.3 is 4.74 Å². The number of alkyl halides is 1. The van der Waals surface area contributed by atoms with E-state index in [0.29, 0.717) is 34.5 Å². The second-order valence-electron chi connectivity index (χ2n) is 5.09. The molecule has 112 valence electrons. The summed E-state index contributed by atoms with van der Waals surface area (Å²) in [4.78, 5) is 0.775. The highest BCUT2D eigenvalue weighted by Crippen LogP contribution is 2.28. The number of rotatable bonds is 4. The first-order valence-corrected chi connectivity index (χ1v) is 9.09. The van der Waals surface area contributed by atoms with E-state index < -0.39 is 10.0 Å². The van der Waals surface area contributed by atoms with Gasteiger partial charge >= 0.3 is 0 Å². The van der Waals surface area contributed by atoms with Crippen molar-refractivity contribution < 1.29 is 13.2 Å². The van der Waals surface area contributed by atoms with E-state index in [0.717, 1.165) is 12.8 Å². The van der Waals surface area contributed by atoms with Gasteiger partial charge in [0.2, 0.25) is 10.0 Å². The quantitative estimate of drug-likeness (QED) is 0.774. The van der Waals surface area contributed by atoms with Gasteiger partial charge in [-0.1, -0.05) is 22.9 Å². The van der Waals surface area contributed by atoms with Crippen molar-refractivity contribution in [1.82, 2.24) is 4.31 Å². The normalized spacial score (nSPS) is 19.8. The summed E-state index contributed by atoms with van der Waals surface area (Å²) >= 11 is 3.59. The number of ether oxygens (including phenoxy) is 1. The molecule has 1 unspecified atom stereocenters. The summed E-state index contributed by atoms with van der Waals surface area (Å²) in [5.74, 6) is 1.22. The highest BCUT2D eigenvalue weighted by atomic mass is 79.9. The standard InChI is InChI=1S/C14H20BrNO3S/c1-11(15)12-7-9-16(10-8-12)20(17,18)14-5-3-13(19-2)4-6-14/h3-6,11-12H,7-10H2,1-2H3. The Labute approximate surface area is 129 Å². The lowest BCUT2D eigenvalue weighted by molar-refractivity contribution is 0.275. The fourth-order valence-electron chi connectivity index (χ4n) is 2.47. The van der Waals surface area contributed by atoms with E-state index in [1.807, 2.05) is 0 Å². The van der Waals surface area contributed by atoms with E-state index in [4.69, 9.17) is 4.74 Å². The van der Waals surface area contributed by atoms with Crippen LogP contribution < -0.4 is 4.74 Å². The number of nitrogens with zero attached hydrogens (tertiary/aromatic N) is 1. The third kappa shape index (κ3) is 3.35. The van der Waals surface area contributed by atoms with Crippen molar-refractivity contribution in [3.8, 4) is 5.75 Å². The van der Waals surface area contributed by atoms with Gasteiger partial charge in [0.1, 0.15) is 5.75 Å². The first-order chi connectivity index (χ1) is 9.45. The molecule has 1 aliphatic rings. The van der Waals surface area contributed by atoms with Crippen LogP contribution in [-0.4, -0.2) is 37.7 Å². The van der Waals surface area contributed by atoms with E-state index in [1.165, 1.54) is 0 Å². The monoisotopic (exact) mass is 361 g/mol. The maximum Gasteiger partial charge on any atom is 0.243 e. The summed E-state index contributed by atoms with van der Waals surface area (Å²) in [6.45, 7) is 3.31. The van der Waals surface area contributed by atoms with Crippen molar-refractivity contribution in [3.63, 3.8) is 0 Å². The molecule has 1 heterocycles. The van der Waals surface area contributed by atoms with Crippen LogP contribution in [0.15, 0.2) is 29.2 Å². The second-order valence-corrected chi connectivity index (χ2v) is 8.48. The van der Waals surface area contributed by atoms with E-state index in [2.05, 4.69) is 22.9 Å². The number of piperidine rings is 1. The van der Waals surface area contributed by atoms with Gasteiger partial charge in [0.25, 0.3) is 0 Å². The molecule has 4 nitrogen and oxygen atoms in total. The van der Waals surface area contributed by atoms with Crippen LogP contribution in [0.1, 0.15) is 19.8 Å². The summed E-state index contributed by atoms with van der Waals surface area (Å²) in [6.07, 6.45) is 1.81. The SMILES string of the molecule is COc1ccc(S(=O)(=O)N2CCC(C(C)Br)CC2)cc1. The molecule has 20 heavy (non-hydrogen) atoms. The van der Waals surface area contributed by atoms with Crippen LogP contribution >= 0.6 is 15.9 Å². The first-order valence-electron chi connectivity index (χ1n) is 6.73. The van der Waals surface area contributed by atoms with Crippen molar-refractivity contribution in [2.45, 2.75) is 29.5 Å². The van der Waals surface area contributed by atoms with Gasteiger partial charge in [-0.15, -0.1) is 0 Å². The molecule has 0 bridgehead atoms. The molecule has 0 spiro atoms. The summed E-state index contributed by atoms with van der Waals surface area (Å²) in [6, 6.07) is 6.57. The minimum absolute atomic E-state index is 0.337. The van der Waals surface area contributed by atoms with Gasteiger partial charge in [0, 0.05) is 17.9 Å². The van der Waals surface area contributed by atoms with Gasteiger partial charge in [-0.05, 0) is 43.0 Å². The number of methoxy groups -OCH3 is 1. The molecule has 6 heteroatoms. The van der Waals surface area contributed by atoms with Crippen LogP contribution in [0, 0.1) is 5.92 Å². The predicted octanol–water partition coefficient (Wildman–Crippen LogP) is 2.88. The molecule has 0 N–H and O–H groups in total. The number of hydrogen-bond acceptors (Lipinski definition) is 3. The largest absolute Gasteiger partial charge is 0.497 e. The highest BCUT2D eigenvalue weighted by Gasteiger charge is 2.30.